The van der Waals surface area contributed by atoms with E-state index in [0.717, 1.165) is 19.4 Å². The van der Waals surface area contributed by atoms with Gasteiger partial charge in [0, 0.05) is 18.0 Å². The Labute approximate surface area is 74.9 Å². The SMILES string of the molecule is [CH2][C@H]1CCCN1C(=O)C(C)(C)C. The molecule has 0 aromatic heterocycles. The second-order valence-corrected chi connectivity index (χ2v) is 4.54. The van der Waals surface area contributed by atoms with Crippen molar-refractivity contribution in [1.29, 1.82) is 0 Å². The lowest BCUT2D eigenvalue weighted by molar-refractivity contribution is -0.139. The molecule has 12 heavy (non-hydrogen) atoms. The van der Waals surface area contributed by atoms with E-state index in [0.29, 0.717) is 0 Å². The molecular formula is C10H18NO. The molecule has 1 rings (SSSR count). The molecule has 0 saturated carbocycles. The average Bonchev–Trinajstić information content (AvgIpc) is 2.31. The lowest BCUT2D eigenvalue weighted by Gasteiger charge is -2.28. The molecule has 0 aromatic carbocycles. The highest BCUT2D eigenvalue weighted by molar-refractivity contribution is 5.82. The number of carbonyl (C=O) groups is 1. The van der Waals surface area contributed by atoms with E-state index in [9.17, 15) is 4.79 Å². The zero-order valence-corrected chi connectivity index (χ0v) is 8.26. The van der Waals surface area contributed by atoms with Crippen LogP contribution in [0.2, 0.25) is 0 Å². The van der Waals surface area contributed by atoms with Crippen molar-refractivity contribution in [2.45, 2.75) is 39.7 Å². The maximum absolute atomic E-state index is 11.8. The minimum Gasteiger partial charge on any atom is -0.339 e. The average molecular weight is 168 g/mol. The van der Waals surface area contributed by atoms with Crippen molar-refractivity contribution in [2.75, 3.05) is 6.54 Å². The van der Waals surface area contributed by atoms with Crippen molar-refractivity contribution >= 4 is 5.91 Å². The Morgan fingerprint density at radius 3 is 2.42 bits per heavy atom. The largest absolute Gasteiger partial charge is 0.339 e. The van der Waals surface area contributed by atoms with Crippen LogP contribution in [0, 0.1) is 12.3 Å². The fourth-order valence-corrected chi connectivity index (χ4v) is 1.53. The predicted octanol–water partition coefficient (Wildman–Crippen LogP) is 1.86. The van der Waals surface area contributed by atoms with E-state index in [4.69, 9.17) is 0 Å². The minimum atomic E-state index is -0.250. The minimum absolute atomic E-state index is 0.205. The fraction of sp³-hybridized carbons (Fsp3) is 0.800. The summed E-state index contributed by atoms with van der Waals surface area (Å²) in [5.41, 5.74) is -0.250. The normalized spacial score (nSPS) is 24.7. The smallest absolute Gasteiger partial charge is 0.228 e. The number of likely N-dealkylation sites (tertiary alicyclic amines) is 1. The first-order valence-electron chi connectivity index (χ1n) is 4.57. The Hall–Kier alpha value is -0.530. The maximum atomic E-state index is 11.8. The lowest BCUT2D eigenvalue weighted by atomic mass is 9.94. The highest BCUT2D eigenvalue weighted by Crippen LogP contribution is 2.24. The van der Waals surface area contributed by atoms with Gasteiger partial charge in [0.2, 0.25) is 5.91 Å². The first kappa shape index (κ1) is 9.56. The van der Waals surface area contributed by atoms with Gasteiger partial charge in [0.15, 0.2) is 0 Å². The third kappa shape index (κ3) is 1.79. The summed E-state index contributed by atoms with van der Waals surface area (Å²) in [4.78, 5) is 13.7. The number of rotatable bonds is 0. The zero-order chi connectivity index (χ0) is 9.35. The Morgan fingerprint density at radius 1 is 1.50 bits per heavy atom. The van der Waals surface area contributed by atoms with Gasteiger partial charge in [-0.1, -0.05) is 20.8 Å². The third-order valence-electron chi connectivity index (χ3n) is 2.28. The van der Waals surface area contributed by atoms with E-state index in [1.165, 1.54) is 0 Å². The molecule has 0 aliphatic carbocycles. The van der Waals surface area contributed by atoms with E-state index >= 15 is 0 Å². The summed E-state index contributed by atoms with van der Waals surface area (Å²) in [6.45, 7) is 10.7. The molecular weight excluding hydrogens is 150 g/mol. The van der Waals surface area contributed by atoms with Gasteiger partial charge in [-0.25, -0.2) is 0 Å². The Bertz CT molecular complexity index is 181. The quantitative estimate of drug-likeness (QED) is 0.540. The molecule has 1 aliphatic rings. The van der Waals surface area contributed by atoms with Crippen molar-refractivity contribution in [3.8, 4) is 0 Å². The summed E-state index contributed by atoms with van der Waals surface area (Å²) in [6, 6.07) is 0.205. The van der Waals surface area contributed by atoms with Crippen LogP contribution in [-0.4, -0.2) is 23.4 Å². The van der Waals surface area contributed by atoms with Crippen LogP contribution in [0.25, 0.3) is 0 Å². The lowest BCUT2D eigenvalue weighted by Crippen LogP contribution is -2.41. The Morgan fingerprint density at radius 2 is 2.08 bits per heavy atom. The standard InChI is InChI=1S/C10H18NO/c1-8-6-5-7-11(8)9(12)10(2,3)4/h8H,1,5-7H2,2-4H3/t8-/m0/s1. The molecule has 1 atom stereocenters. The van der Waals surface area contributed by atoms with Gasteiger partial charge in [-0.3, -0.25) is 4.79 Å². The van der Waals surface area contributed by atoms with Crippen molar-refractivity contribution in [1.82, 2.24) is 4.90 Å². The van der Waals surface area contributed by atoms with Gasteiger partial charge in [0.1, 0.15) is 0 Å². The molecule has 0 unspecified atom stereocenters. The summed E-state index contributed by atoms with van der Waals surface area (Å²) < 4.78 is 0. The summed E-state index contributed by atoms with van der Waals surface area (Å²) in [5, 5.41) is 0. The molecule has 1 heterocycles. The number of carbonyl (C=O) groups excluding carboxylic acids is 1. The van der Waals surface area contributed by atoms with Gasteiger partial charge in [-0.05, 0) is 19.8 Å². The van der Waals surface area contributed by atoms with E-state index in [2.05, 4.69) is 6.92 Å². The molecule has 2 nitrogen and oxygen atoms in total. The summed E-state index contributed by atoms with van der Waals surface area (Å²) in [7, 11) is 0. The summed E-state index contributed by atoms with van der Waals surface area (Å²) >= 11 is 0. The molecule has 1 saturated heterocycles. The van der Waals surface area contributed by atoms with Crippen molar-refractivity contribution < 1.29 is 4.79 Å². The molecule has 0 aromatic rings. The van der Waals surface area contributed by atoms with Gasteiger partial charge in [0.25, 0.3) is 0 Å². The number of amides is 1. The molecule has 1 amide bonds. The van der Waals surface area contributed by atoms with Gasteiger partial charge < -0.3 is 4.90 Å². The second-order valence-electron chi connectivity index (χ2n) is 4.54. The van der Waals surface area contributed by atoms with Crippen LogP contribution in [0.3, 0.4) is 0 Å². The van der Waals surface area contributed by atoms with Crippen molar-refractivity contribution in [3.63, 3.8) is 0 Å². The molecule has 69 valence electrons. The number of hydrogen-bond acceptors (Lipinski definition) is 1. The third-order valence-corrected chi connectivity index (χ3v) is 2.28. The maximum Gasteiger partial charge on any atom is 0.228 e. The van der Waals surface area contributed by atoms with Crippen LogP contribution in [0.1, 0.15) is 33.6 Å². The van der Waals surface area contributed by atoms with E-state index in [1.54, 1.807) is 0 Å². The van der Waals surface area contributed by atoms with Crippen molar-refractivity contribution in [3.05, 3.63) is 6.92 Å². The zero-order valence-electron chi connectivity index (χ0n) is 8.26. The second kappa shape index (κ2) is 3.08. The van der Waals surface area contributed by atoms with Crippen LogP contribution >= 0.6 is 0 Å². The van der Waals surface area contributed by atoms with Crippen LogP contribution in [0.5, 0.6) is 0 Å². The highest BCUT2D eigenvalue weighted by atomic mass is 16.2. The first-order chi connectivity index (χ1) is 5.43. The Balaban J connectivity index is 2.64. The molecule has 1 fully saturated rings. The number of nitrogens with zero attached hydrogens (tertiary/aromatic N) is 1. The van der Waals surface area contributed by atoms with E-state index < -0.39 is 0 Å². The highest BCUT2D eigenvalue weighted by Gasteiger charge is 2.32. The van der Waals surface area contributed by atoms with Gasteiger partial charge in [0.05, 0.1) is 0 Å². The summed E-state index contributed by atoms with van der Waals surface area (Å²) in [5.74, 6) is 0.236. The molecule has 0 spiro atoms. The molecule has 0 bridgehead atoms. The number of hydrogen-bond donors (Lipinski definition) is 0. The summed E-state index contributed by atoms with van der Waals surface area (Å²) in [6.07, 6.45) is 2.16. The molecule has 1 aliphatic heterocycles. The van der Waals surface area contributed by atoms with Crippen LogP contribution in [0.4, 0.5) is 0 Å². The van der Waals surface area contributed by atoms with E-state index in [1.807, 2.05) is 25.7 Å². The topological polar surface area (TPSA) is 20.3 Å². The van der Waals surface area contributed by atoms with Crippen LogP contribution in [0.15, 0.2) is 0 Å². The molecule has 1 radical (unpaired) electrons. The molecule has 0 N–H and O–H groups in total. The Kier molecular flexibility index (Phi) is 2.45. The monoisotopic (exact) mass is 168 g/mol. The van der Waals surface area contributed by atoms with Gasteiger partial charge >= 0.3 is 0 Å². The van der Waals surface area contributed by atoms with Crippen LogP contribution in [-0.2, 0) is 4.79 Å². The fourth-order valence-electron chi connectivity index (χ4n) is 1.53. The van der Waals surface area contributed by atoms with Crippen LogP contribution < -0.4 is 0 Å². The molecule has 2 heteroatoms. The first-order valence-corrected chi connectivity index (χ1v) is 4.57. The van der Waals surface area contributed by atoms with Gasteiger partial charge in [-0.2, -0.15) is 0 Å². The van der Waals surface area contributed by atoms with Gasteiger partial charge in [-0.15, -0.1) is 0 Å². The van der Waals surface area contributed by atoms with E-state index in [-0.39, 0.29) is 17.4 Å². The predicted molar refractivity (Wildman–Crippen MR) is 49.5 cm³/mol. The van der Waals surface area contributed by atoms with Crippen molar-refractivity contribution in [2.24, 2.45) is 5.41 Å².